The summed E-state index contributed by atoms with van der Waals surface area (Å²) < 4.78 is 1.64. The maximum absolute atomic E-state index is 11.0. The van der Waals surface area contributed by atoms with Gasteiger partial charge in [0.05, 0.1) is 6.07 Å². The van der Waals surface area contributed by atoms with Crippen molar-refractivity contribution in [2.45, 2.75) is 26.2 Å². The summed E-state index contributed by atoms with van der Waals surface area (Å²) in [5.41, 5.74) is 0.279. The molecule has 0 aromatic carbocycles. The van der Waals surface area contributed by atoms with Gasteiger partial charge in [0.1, 0.15) is 12.2 Å². The fourth-order valence-electron chi connectivity index (χ4n) is 1.15. The lowest BCUT2D eigenvalue weighted by Gasteiger charge is -2.13. The van der Waals surface area contributed by atoms with Gasteiger partial charge in [0.25, 0.3) is 5.56 Å². The lowest BCUT2D eigenvalue weighted by atomic mass is 9.96. The van der Waals surface area contributed by atoms with E-state index in [-0.39, 0.29) is 11.0 Å². The Balaban J connectivity index is 2.69. The molecule has 2 heterocycles. The van der Waals surface area contributed by atoms with E-state index >= 15 is 0 Å². The molecule has 1 N–H and O–H groups in total. The van der Waals surface area contributed by atoms with Crippen molar-refractivity contribution in [2.75, 3.05) is 0 Å². The van der Waals surface area contributed by atoms with Gasteiger partial charge < -0.3 is 0 Å². The molecular formula is C9H12N4O. The van der Waals surface area contributed by atoms with E-state index in [4.69, 9.17) is 0 Å². The predicted molar refractivity (Wildman–Crippen MR) is 52.3 cm³/mol. The lowest BCUT2D eigenvalue weighted by molar-refractivity contribution is 0.545. The van der Waals surface area contributed by atoms with Crippen molar-refractivity contribution in [2.24, 2.45) is 0 Å². The maximum atomic E-state index is 11.0. The minimum absolute atomic E-state index is 0.0604. The molecule has 0 unspecified atom stereocenters. The molecule has 0 aliphatic carbocycles. The van der Waals surface area contributed by atoms with Gasteiger partial charge in [0, 0.05) is 5.41 Å². The molecular weight excluding hydrogens is 180 g/mol. The zero-order valence-electron chi connectivity index (χ0n) is 8.40. The third-order valence-corrected chi connectivity index (χ3v) is 1.96. The van der Waals surface area contributed by atoms with Crippen LogP contribution < -0.4 is 5.56 Å². The fraction of sp³-hybridized carbons (Fsp3) is 0.444. The first kappa shape index (κ1) is 8.93. The van der Waals surface area contributed by atoms with E-state index in [1.807, 2.05) is 0 Å². The Morgan fingerprint density at radius 3 is 2.79 bits per heavy atom. The maximum Gasteiger partial charge on any atom is 0.274 e. The fourth-order valence-corrected chi connectivity index (χ4v) is 1.15. The standard InChI is InChI=1S/C9H12N4O/c1-9(2,3)8-11-6-4-7(14)10-5-13(6)12-8/h4-5H,1-3H3,(H,11,12). The molecule has 14 heavy (non-hydrogen) atoms. The van der Waals surface area contributed by atoms with E-state index in [0.717, 1.165) is 5.82 Å². The average molecular weight is 192 g/mol. The van der Waals surface area contributed by atoms with Crippen molar-refractivity contribution in [3.05, 3.63) is 28.6 Å². The smallest absolute Gasteiger partial charge is 0.274 e. The summed E-state index contributed by atoms with van der Waals surface area (Å²) in [4.78, 5) is 18.9. The van der Waals surface area contributed by atoms with Crippen LogP contribution in [-0.4, -0.2) is 19.6 Å². The van der Waals surface area contributed by atoms with Crippen molar-refractivity contribution in [1.29, 1.82) is 0 Å². The zero-order valence-corrected chi connectivity index (χ0v) is 8.40. The highest BCUT2D eigenvalue weighted by Crippen LogP contribution is 2.17. The Morgan fingerprint density at radius 1 is 1.43 bits per heavy atom. The molecule has 2 aromatic heterocycles. The van der Waals surface area contributed by atoms with E-state index in [0.29, 0.717) is 5.65 Å². The molecule has 0 bridgehead atoms. The van der Waals surface area contributed by atoms with Crippen LogP contribution >= 0.6 is 0 Å². The Labute approximate surface area is 80.8 Å². The van der Waals surface area contributed by atoms with E-state index in [9.17, 15) is 4.79 Å². The first-order chi connectivity index (χ1) is 6.47. The minimum Gasteiger partial charge on any atom is -0.278 e. The molecule has 0 fully saturated rings. The Hall–Kier alpha value is -1.65. The topological polar surface area (TPSA) is 63.1 Å². The van der Waals surface area contributed by atoms with Crippen LogP contribution in [0.4, 0.5) is 0 Å². The summed E-state index contributed by atoms with van der Waals surface area (Å²) in [7, 11) is 0. The molecule has 0 aliphatic rings. The molecule has 0 aliphatic heterocycles. The van der Waals surface area contributed by atoms with Crippen molar-refractivity contribution < 1.29 is 0 Å². The summed E-state index contributed by atoms with van der Waals surface area (Å²) in [5.74, 6) is 0.838. The van der Waals surface area contributed by atoms with Gasteiger partial charge in [-0.05, 0) is 0 Å². The van der Waals surface area contributed by atoms with Gasteiger partial charge in [-0.1, -0.05) is 20.8 Å². The number of aromatic amines is 1. The van der Waals surface area contributed by atoms with Gasteiger partial charge in [-0.25, -0.2) is 9.50 Å². The molecule has 5 heteroatoms. The molecule has 0 radical (unpaired) electrons. The summed E-state index contributed by atoms with van der Waals surface area (Å²) in [6.45, 7) is 6.16. The second-order valence-electron chi connectivity index (χ2n) is 4.28. The van der Waals surface area contributed by atoms with Crippen LogP contribution in [0.2, 0.25) is 0 Å². The molecule has 0 spiro atoms. The van der Waals surface area contributed by atoms with Gasteiger partial charge in [-0.2, -0.15) is 4.98 Å². The lowest BCUT2D eigenvalue weighted by Crippen LogP contribution is -2.13. The van der Waals surface area contributed by atoms with Crippen LogP contribution in [0.3, 0.4) is 0 Å². The second-order valence-corrected chi connectivity index (χ2v) is 4.28. The largest absolute Gasteiger partial charge is 0.278 e. The highest BCUT2D eigenvalue weighted by molar-refractivity contribution is 5.35. The molecule has 74 valence electrons. The molecule has 0 saturated carbocycles. The monoisotopic (exact) mass is 192 g/mol. The first-order valence-corrected chi connectivity index (χ1v) is 4.42. The van der Waals surface area contributed by atoms with Crippen molar-refractivity contribution in [3.8, 4) is 0 Å². The van der Waals surface area contributed by atoms with Gasteiger partial charge in [-0.15, -0.1) is 0 Å². The SMILES string of the molecule is CC(C)(C)c1nc2cc(=O)ncn2[nH]1. The highest BCUT2D eigenvalue weighted by atomic mass is 16.1. The predicted octanol–water partition coefficient (Wildman–Crippen LogP) is 0.715. The van der Waals surface area contributed by atoms with Crippen LogP contribution in [0.1, 0.15) is 26.6 Å². The Kier molecular flexibility index (Phi) is 1.70. The van der Waals surface area contributed by atoms with Gasteiger partial charge in [-0.3, -0.25) is 9.89 Å². The van der Waals surface area contributed by atoms with Crippen molar-refractivity contribution in [3.63, 3.8) is 0 Å². The van der Waals surface area contributed by atoms with Crippen LogP contribution in [0, 0.1) is 0 Å². The normalized spacial score (nSPS) is 12.2. The van der Waals surface area contributed by atoms with Crippen molar-refractivity contribution in [1.82, 2.24) is 19.6 Å². The van der Waals surface area contributed by atoms with Gasteiger partial charge in [0.15, 0.2) is 5.65 Å². The number of nitrogens with zero attached hydrogens (tertiary/aromatic N) is 3. The number of hydrogen-bond acceptors (Lipinski definition) is 3. The summed E-state index contributed by atoms with van der Waals surface area (Å²) in [6.07, 6.45) is 1.44. The summed E-state index contributed by atoms with van der Waals surface area (Å²) in [6, 6.07) is 1.41. The highest BCUT2D eigenvalue weighted by Gasteiger charge is 2.18. The van der Waals surface area contributed by atoms with Crippen LogP contribution in [0.25, 0.3) is 5.65 Å². The van der Waals surface area contributed by atoms with E-state index in [2.05, 4.69) is 35.8 Å². The van der Waals surface area contributed by atoms with Crippen molar-refractivity contribution >= 4 is 5.65 Å². The number of rotatable bonds is 0. The number of nitrogens with one attached hydrogen (secondary N) is 1. The number of aromatic nitrogens is 4. The molecule has 0 saturated heterocycles. The van der Waals surface area contributed by atoms with Crippen LogP contribution in [-0.2, 0) is 5.41 Å². The molecule has 0 atom stereocenters. The van der Waals surface area contributed by atoms with E-state index in [1.54, 1.807) is 4.52 Å². The van der Waals surface area contributed by atoms with Crippen LogP contribution in [0.5, 0.6) is 0 Å². The molecule has 0 amide bonds. The second kappa shape index (κ2) is 2.67. The minimum atomic E-state index is -0.267. The van der Waals surface area contributed by atoms with E-state index < -0.39 is 0 Å². The third-order valence-electron chi connectivity index (χ3n) is 1.96. The first-order valence-electron chi connectivity index (χ1n) is 4.42. The van der Waals surface area contributed by atoms with Crippen LogP contribution in [0.15, 0.2) is 17.2 Å². The molecule has 5 nitrogen and oxygen atoms in total. The molecule has 2 aromatic rings. The third kappa shape index (κ3) is 1.41. The quantitative estimate of drug-likeness (QED) is 0.668. The number of fused-ring (bicyclic) bond motifs is 1. The Bertz CT molecular complexity index is 517. The summed E-state index contributed by atoms with van der Waals surface area (Å²) in [5, 5.41) is 3.07. The summed E-state index contributed by atoms with van der Waals surface area (Å²) >= 11 is 0. The Morgan fingerprint density at radius 2 is 2.14 bits per heavy atom. The number of hydrogen-bond donors (Lipinski definition) is 1. The molecule has 2 rings (SSSR count). The average Bonchev–Trinajstić information content (AvgIpc) is 2.45. The van der Waals surface area contributed by atoms with Gasteiger partial charge in [0.2, 0.25) is 0 Å². The van der Waals surface area contributed by atoms with E-state index in [1.165, 1.54) is 12.4 Å². The van der Waals surface area contributed by atoms with Gasteiger partial charge >= 0.3 is 0 Å². The zero-order chi connectivity index (χ0) is 10.3. The number of H-pyrrole nitrogens is 1.